The third-order valence-electron chi connectivity index (χ3n) is 4.79. The number of hydrogen-bond donors (Lipinski definition) is 3. The van der Waals surface area contributed by atoms with Gasteiger partial charge in [-0.1, -0.05) is 6.07 Å². The first-order chi connectivity index (χ1) is 14.1. The first-order valence-electron chi connectivity index (χ1n) is 9.19. The number of nitrogens with one attached hydrogen (secondary N) is 3. The van der Waals surface area contributed by atoms with E-state index in [0.29, 0.717) is 36.5 Å². The van der Waals surface area contributed by atoms with E-state index in [0.717, 1.165) is 5.56 Å². The van der Waals surface area contributed by atoms with E-state index >= 15 is 0 Å². The Bertz CT molecular complexity index is 1230. The molecule has 11 heteroatoms. The van der Waals surface area contributed by atoms with Crippen LogP contribution in [0.5, 0.6) is 0 Å². The van der Waals surface area contributed by atoms with E-state index in [1.165, 1.54) is 10.6 Å². The van der Waals surface area contributed by atoms with E-state index in [2.05, 4.69) is 36.1 Å². The van der Waals surface area contributed by atoms with Crippen LogP contribution in [0.15, 0.2) is 30.6 Å². The van der Waals surface area contributed by atoms with Gasteiger partial charge in [-0.15, -0.1) is 5.10 Å². The number of benzene rings is 1. The van der Waals surface area contributed by atoms with Crippen LogP contribution in [0.3, 0.4) is 0 Å². The number of rotatable bonds is 3. The average molecular weight is 395 g/mol. The quantitative estimate of drug-likeness (QED) is 0.458. The predicted molar refractivity (Wildman–Crippen MR) is 104 cm³/mol. The number of para-hydroxylation sites is 1. The van der Waals surface area contributed by atoms with Gasteiger partial charge >= 0.3 is 0 Å². The Morgan fingerprint density at radius 3 is 3.00 bits per heavy atom. The number of anilines is 1. The van der Waals surface area contributed by atoms with Crippen LogP contribution in [0.25, 0.3) is 27.9 Å². The SMILES string of the molecule is Cn1cc(-c2nc3c4cccc(F)c4nc(N[C@@H]4CNCCNC4=O)n3n2)cn1. The minimum atomic E-state index is -0.580. The Kier molecular flexibility index (Phi) is 4.09. The monoisotopic (exact) mass is 395 g/mol. The summed E-state index contributed by atoms with van der Waals surface area (Å²) in [5.74, 6) is 0.0424. The maximum Gasteiger partial charge on any atom is 0.243 e. The van der Waals surface area contributed by atoms with Crippen LogP contribution >= 0.6 is 0 Å². The summed E-state index contributed by atoms with van der Waals surface area (Å²) in [5, 5.41) is 18.3. The lowest BCUT2D eigenvalue weighted by atomic mass is 10.2. The van der Waals surface area contributed by atoms with Crippen molar-refractivity contribution in [2.45, 2.75) is 6.04 Å². The number of amides is 1. The molecule has 0 unspecified atom stereocenters. The summed E-state index contributed by atoms with van der Waals surface area (Å²) in [6.45, 7) is 1.63. The molecule has 0 saturated carbocycles. The number of carbonyl (C=O) groups excluding carboxylic acids is 1. The summed E-state index contributed by atoms with van der Waals surface area (Å²) in [6, 6.07) is 4.11. The average Bonchev–Trinajstić information content (AvgIpc) is 3.29. The van der Waals surface area contributed by atoms with E-state index in [4.69, 9.17) is 0 Å². The molecule has 0 spiro atoms. The topological polar surface area (TPSA) is 114 Å². The van der Waals surface area contributed by atoms with Gasteiger partial charge in [-0.05, 0) is 12.1 Å². The Labute approximate surface area is 164 Å². The van der Waals surface area contributed by atoms with Crippen LogP contribution in [-0.4, -0.2) is 60.9 Å². The van der Waals surface area contributed by atoms with Gasteiger partial charge in [0.2, 0.25) is 11.9 Å². The highest BCUT2D eigenvalue weighted by Crippen LogP contribution is 2.25. The summed E-state index contributed by atoms with van der Waals surface area (Å²) in [5.41, 5.74) is 1.33. The molecule has 1 aliphatic heterocycles. The molecule has 1 aliphatic rings. The number of fused-ring (bicyclic) bond motifs is 3. The first-order valence-corrected chi connectivity index (χ1v) is 9.19. The van der Waals surface area contributed by atoms with E-state index in [1.54, 1.807) is 36.3 Å². The second-order valence-electron chi connectivity index (χ2n) is 6.84. The predicted octanol–water partition coefficient (Wildman–Crippen LogP) is 0.317. The van der Waals surface area contributed by atoms with Crippen molar-refractivity contribution in [1.29, 1.82) is 0 Å². The zero-order valence-corrected chi connectivity index (χ0v) is 15.6. The molecule has 3 N–H and O–H groups in total. The molecule has 4 aromatic rings. The number of hydrogen-bond acceptors (Lipinski definition) is 7. The molecular formula is C18H18FN9O. The van der Waals surface area contributed by atoms with Crippen molar-refractivity contribution in [2.75, 3.05) is 25.0 Å². The molecule has 0 aliphatic carbocycles. The lowest BCUT2D eigenvalue weighted by Gasteiger charge is -2.16. The van der Waals surface area contributed by atoms with Crippen LogP contribution in [0.2, 0.25) is 0 Å². The number of aromatic nitrogens is 6. The highest BCUT2D eigenvalue weighted by molar-refractivity contribution is 5.93. The van der Waals surface area contributed by atoms with Gasteiger partial charge < -0.3 is 16.0 Å². The highest BCUT2D eigenvalue weighted by atomic mass is 19.1. The normalized spacial score (nSPS) is 17.4. The van der Waals surface area contributed by atoms with Gasteiger partial charge in [0.25, 0.3) is 0 Å². The van der Waals surface area contributed by atoms with Crippen LogP contribution in [-0.2, 0) is 11.8 Å². The van der Waals surface area contributed by atoms with E-state index < -0.39 is 11.9 Å². The number of carbonyl (C=O) groups is 1. The van der Waals surface area contributed by atoms with Gasteiger partial charge in [-0.25, -0.2) is 14.4 Å². The third kappa shape index (κ3) is 3.05. The second-order valence-corrected chi connectivity index (χ2v) is 6.84. The Balaban J connectivity index is 1.69. The maximum absolute atomic E-state index is 14.5. The van der Waals surface area contributed by atoms with Gasteiger partial charge in [0.1, 0.15) is 17.4 Å². The fourth-order valence-electron chi connectivity index (χ4n) is 3.36. The molecule has 10 nitrogen and oxygen atoms in total. The van der Waals surface area contributed by atoms with Crippen molar-refractivity contribution < 1.29 is 9.18 Å². The number of halogens is 1. The number of aryl methyl sites for hydroxylation is 1. The minimum Gasteiger partial charge on any atom is -0.353 e. The zero-order valence-electron chi connectivity index (χ0n) is 15.6. The summed E-state index contributed by atoms with van der Waals surface area (Å²) in [7, 11) is 1.80. The molecule has 1 amide bonds. The molecule has 0 radical (unpaired) electrons. The molecule has 1 atom stereocenters. The Hall–Kier alpha value is -3.60. The molecule has 1 saturated heterocycles. The van der Waals surface area contributed by atoms with E-state index in [1.807, 2.05) is 0 Å². The molecule has 4 heterocycles. The van der Waals surface area contributed by atoms with E-state index in [9.17, 15) is 9.18 Å². The molecule has 0 bridgehead atoms. The Morgan fingerprint density at radius 2 is 2.17 bits per heavy atom. The van der Waals surface area contributed by atoms with Gasteiger partial charge in [0.15, 0.2) is 11.5 Å². The smallest absolute Gasteiger partial charge is 0.243 e. The molecule has 1 fully saturated rings. The van der Waals surface area contributed by atoms with Crippen molar-refractivity contribution in [3.05, 3.63) is 36.4 Å². The molecule has 148 valence electrons. The molecule has 3 aromatic heterocycles. The minimum absolute atomic E-state index is 0.161. The van der Waals surface area contributed by atoms with Crippen LogP contribution in [0.4, 0.5) is 10.3 Å². The van der Waals surface area contributed by atoms with Crippen molar-refractivity contribution in [3.63, 3.8) is 0 Å². The number of nitrogens with zero attached hydrogens (tertiary/aromatic N) is 6. The highest BCUT2D eigenvalue weighted by Gasteiger charge is 2.24. The molecule has 5 rings (SSSR count). The van der Waals surface area contributed by atoms with Crippen LogP contribution in [0.1, 0.15) is 0 Å². The maximum atomic E-state index is 14.5. The largest absolute Gasteiger partial charge is 0.353 e. The lowest BCUT2D eigenvalue weighted by Crippen LogP contribution is -2.42. The van der Waals surface area contributed by atoms with Crippen molar-refractivity contribution >= 4 is 28.4 Å². The summed E-state index contributed by atoms with van der Waals surface area (Å²) < 4.78 is 17.6. The van der Waals surface area contributed by atoms with Gasteiger partial charge in [-0.3, -0.25) is 9.48 Å². The van der Waals surface area contributed by atoms with Crippen molar-refractivity contribution in [3.8, 4) is 11.4 Å². The molecule has 29 heavy (non-hydrogen) atoms. The molecule has 1 aromatic carbocycles. The summed E-state index contributed by atoms with van der Waals surface area (Å²) in [6.07, 6.45) is 3.45. The zero-order chi connectivity index (χ0) is 20.0. The fraction of sp³-hybridized carbons (Fsp3) is 0.278. The van der Waals surface area contributed by atoms with Gasteiger partial charge in [-0.2, -0.15) is 9.61 Å². The first kappa shape index (κ1) is 17.5. The molecular weight excluding hydrogens is 377 g/mol. The Morgan fingerprint density at radius 1 is 1.28 bits per heavy atom. The fourth-order valence-corrected chi connectivity index (χ4v) is 3.36. The van der Waals surface area contributed by atoms with Crippen LogP contribution in [0, 0.1) is 5.82 Å². The summed E-state index contributed by atoms with van der Waals surface area (Å²) in [4.78, 5) is 21.4. The van der Waals surface area contributed by atoms with E-state index in [-0.39, 0.29) is 17.4 Å². The van der Waals surface area contributed by atoms with Crippen molar-refractivity contribution in [2.24, 2.45) is 7.05 Å². The van der Waals surface area contributed by atoms with Crippen LogP contribution < -0.4 is 16.0 Å². The van der Waals surface area contributed by atoms with Crippen molar-refractivity contribution in [1.82, 2.24) is 40.0 Å². The second kappa shape index (κ2) is 6.78. The summed E-state index contributed by atoms with van der Waals surface area (Å²) >= 11 is 0. The third-order valence-corrected chi connectivity index (χ3v) is 4.79. The van der Waals surface area contributed by atoms with Gasteiger partial charge in [0, 0.05) is 38.3 Å². The lowest BCUT2D eigenvalue weighted by molar-refractivity contribution is -0.121. The standard InChI is InChI=1S/C18H18FN9O/c1-27-9-10(7-22-27)15-25-16-11-3-2-4-12(19)14(11)24-18(28(16)26-15)23-13-8-20-5-6-21-17(13)29/h2-4,7,9,13,20H,5-6,8H2,1H3,(H,21,29)(H,23,24)/t13-/m1/s1. The van der Waals surface area contributed by atoms with Gasteiger partial charge in [0.05, 0.1) is 11.8 Å².